The number of para-hydroxylation sites is 1. The monoisotopic (exact) mass is 445 g/mol. The molecule has 7 nitrogen and oxygen atoms in total. The average molecular weight is 446 g/mol. The van der Waals surface area contributed by atoms with Crippen LogP contribution in [0.2, 0.25) is 0 Å². The Morgan fingerprint density at radius 2 is 2.11 bits per heavy atom. The Balaban J connectivity index is 1.67. The van der Waals surface area contributed by atoms with Crippen molar-refractivity contribution in [2.24, 2.45) is 5.73 Å². The molecule has 3 heterocycles. The molecule has 1 aliphatic heterocycles. The van der Waals surface area contributed by atoms with E-state index in [1.165, 1.54) is 11.8 Å². The zero-order chi connectivity index (χ0) is 18.8. The summed E-state index contributed by atoms with van der Waals surface area (Å²) in [6.45, 7) is 1.76. The molecule has 4 rings (SSSR count). The molecule has 0 saturated carbocycles. The molecule has 27 heavy (non-hydrogen) atoms. The summed E-state index contributed by atoms with van der Waals surface area (Å²) in [7, 11) is 0. The molecular formula is C18H16BrN5O2S. The summed E-state index contributed by atoms with van der Waals surface area (Å²) in [5.41, 5.74) is 6.92. The molecule has 0 fully saturated rings. The van der Waals surface area contributed by atoms with Crippen LogP contribution < -0.4 is 15.4 Å². The standard InChI is InChI=1S/C18H16BrN5O2S/c1-11-22-23-16(25-11)8-13-10-27-18(20)24(13)17-15(7-12(19)9-21-17)26-14-5-3-2-4-6-14/h2-7,9-10,18H,8,20H2,1H3. The van der Waals surface area contributed by atoms with E-state index in [1.807, 2.05) is 46.7 Å². The van der Waals surface area contributed by atoms with Crippen LogP contribution in [0, 0.1) is 6.92 Å². The number of ether oxygens (including phenoxy) is 1. The van der Waals surface area contributed by atoms with Crippen molar-refractivity contribution in [2.75, 3.05) is 4.90 Å². The molecule has 0 saturated heterocycles. The molecule has 2 N–H and O–H groups in total. The minimum atomic E-state index is -0.323. The number of nitrogens with zero attached hydrogens (tertiary/aromatic N) is 4. The van der Waals surface area contributed by atoms with E-state index in [0.29, 0.717) is 29.8 Å². The summed E-state index contributed by atoms with van der Waals surface area (Å²) in [6, 6.07) is 11.4. The highest BCUT2D eigenvalue weighted by atomic mass is 79.9. The van der Waals surface area contributed by atoms with E-state index in [0.717, 1.165) is 15.9 Å². The highest BCUT2D eigenvalue weighted by molar-refractivity contribution is 9.10. The first-order valence-electron chi connectivity index (χ1n) is 8.17. The van der Waals surface area contributed by atoms with Gasteiger partial charge in [-0.3, -0.25) is 0 Å². The number of anilines is 1. The zero-order valence-corrected chi connectivity index (χ0v) is 16.8. The molecule has 1 atom stereocenters. The molecule has 0 radical (unpaired) electrons. The Bertz CT molecular complexity index is 979. The Morgan fingerprint density at radius 1 is 1.30 bits per heavy atom. The molecule has 2 aromatic heterocycles. The number of allylic oxidation sites excluding steroid dienone is 1. The quantitative estimate of drug-likeness (QED) is 0.624. The van der Waals surface area contributed by atoms with Crippen molar-refractivity contribution in [1.29, 1.82) is 0 Å². The summed E-state index contributed by atoms with van der Waals surface area (Å²) < 4.78 is 12.4. The van der Waals surface area contributed by atoms with Gasteiger partial charge in [0.2, 0.25) is 11.8 Å². The molecule has 1 unspecified atom stereocenters. The second-order valence-electron chi connectivity index (χ2n) is 5.79. The largest absolute Gasteiger partial charge is 0.453 e. The number of hydrogen-bond donors (Lipinski definition) is 1. The first-order chi connectivity index (χ1) is 13.1. The molecule has 0 spiro atoms. The van der Waals surface area contributed by atoms with Crippen molar-refractivity contribution in [3.63, 3.8) is 0 Å². The van der Waals surface area contributed by atoms with Crippen LogP contribution in [0.15, 0.2) is 62.6 Å². The van der Waals surface area contributed by atoms with E-state index in [9.17, 15) is 0 Å². The van der Waals surface area contributed by atoms with Gasteiger partial charge in [0.25, 0.3) is 0 Å². The highest BCUT2D eigenvalue weighted by Crippen LogP contribution is 2.40. The van der Waals surface area contributed by atoms with Crippen molar-refractivity contribution in [3.05, 3.63) is 70.0 Å². The van der Waals surface area contributed by atoms with Gasteiger partial charge in [0.15, 0.2) is 11.6 Å². The molecule has 0 amide bonds. The van der Waals surface area contributed by atoms with E-state index in [-0.39, 0.29) is 5.50 Å². The van der Waals surface area contributed by atoms with Crippen molar-refractivity contribution < 1.29 is 9.15 Å². The number of thioether (sulfide) groups is 1. The predicted octanol–water partition coefficient (Wildman–Crippen LogP) is 4.21. The fourth-order valence-corrected chi connectivity index (χ4v) is 3.82. The Morgan fingerprint density at radius 3 is 2.85 bits per heavy atom. The van der Waals surface area contributed by atoms with Crippen molar-refractivity contribution >= 4 is 33.5 Å². The first kappa shape index (κ1) is 18.0. The lowest BCUT2D eigenvalue weighted by atomic mass is 10.3. The molecular weight excluding hydrogens is 430 g/mol. The number of pyridine rings is 1. The molecule has 3 aromatic rings. The Hall–Kier alpha value is -2.36. The minimum Gasteiger partial charge on any atom is -0.453 e. The zero-order valence-electron chi connectivity index (χ0n) is 14.4. The number of aryl methyl sites for hydroxylation is 1. The van der Waals surface area contributed by atoms with Crippen LogP contribution in [0.25, 0.3) is 0 Å². The van der Waals surface area contributed by atoms with Gasteiger partial charge in [0.1, 0.15) is 11.2 Å². The van der Waals surface area contributed by atoms with E-state index in [2.05, 4.69) is 31.1 Å². The van der Waals surface area contributed by atoms with Gasteiger partial charge in [-0.05, 0) is 33.5 Å². The first-order valence-corrected chi connectivity index (χ1v) is 9.90. The van der Waals surface area contributed by atoms with Gasteiger partial charge in [0.05, 0.1) is 6.42 Å². The van der Waals surface area contributed by atoms with E-state index in [4.69, 9.17) is 14.9 Å². The summed E-state index contributed by atoms with van der Waals surface area (Å²) >= 11 is 4.96. The fraction of sp³-hybridized carbons (Fsp3) is 0.167. The number of halogens is 1. The van der Waals surface area contributed by atoms with Gasteiger partial charge in [-0.1, -0.05) is 30.0 Å². The van der Waals surface area contributed by atoms with Crippen LogP contribution in [0.5, 0.6) is 11.5 Å². The summed E-state index contributed by atoms with van der Waals surface area (Å²) in [4.78, 5) is 6.48. The third-order valence-electron chi connectivity index (χ3n) is 3.81. The summed E-state index contributed by atoms with van der Waals surface area (Å²) in [5.74, 6) is 3.00. The minimum absolute atomic E-state index is 0.323. The molecule has 0 aliphatic carbocycles. The maximum Gasteiger partial charge on any atom is 0.222 e. The van der Waals surface area contributed by atoms with E-state index < -0.39 is 0 Å². The summed E-state index contributed by atoms with van der Waals surface area (Å²) in [6.07, 6.45) is 2.18. The molecule has 1 aliphatic rings. The van der Waals surface area contributed by atoms with Crippen LogP contribution in [-0.4, -0.2) is 20.7 Å². The van der Waals surface area contributed by atoms with Gasteiger partial charge in [-0.15, -0.1) is 10.2 Å². The van der Waals surface area contributed by atoms with Gasteiger partial charge >= 0.3 is 0 Å². The average Bonchev–Trinajstić information content (AvgIpc) is 3.22. The van der Waals surface area contributed by atoms with Crippen LogP contribution in [0.1, 0.15) is 11.8 Å². The van der Waals surface area contributed by atoms with Crippen molar-refractivity contribution in [3.8, 4) is 11.5 Å². The second kappa shape index (κ2) is 7.71. The van der Waals surface area contributed by atoms with Crippen LogP contribution in [0.3, 0.4) is 0 Å². The number of aromatic nitrogens is 3. The van der Waals surface area contributed by atoms with E-state index in [1.54, 1.807) is 13.1 Å². The number of rotatable bonds is 5. The van der Waals surface area contributed by atoms with Gasteiger partial charge in [0, 0.05) is 29.4 Å². The SMILES string of the molecule is Cc1nnc(CC2=CSC(N)N2c2ncc(Br)cc2Oc2ccccc2)o1. The van der Waals surface area contributed by atoms with Crippen LogP contribution >= 0.6 is 27.7 Å². The van der Waals surface area contributed by atoms with Crippen molar-refractivity contribution in [1.82, 2.24) is 15.2 Å². The predicted molar refractivity (Wildman–Crippen MR) is 107 cm³/mol. The molecule has 1 aromatic carbocycles. The highest BCUT2D eigenvalue weighted by Gasteiger charge is 2.30. The van der Waals surface area contributed by atoms with Gasteiger partial charge < -0.3 is 19.8 Å². The topological polar surface area (TPSA) is 90.3 Å². The fourth-order valence-electron chi connectivity index (χ4n) is 2.66. The van der Waals surface area contributed by atoms with Crippen LogP contribution in [0.4, 0.5) is 5.82 Å². The third-order valence-corrected chi connectivity index (χ3v) is 5.14. The maximum absolute atomic E-state index is 6.32. The number of hydrogen-bond acceptors (Lipinski definition) is 8. The lowest BCUT2D eigenvalue weighted by Crippen LogP contribution is -2.36. The van der Waals surface area contributed by atoms with Crippen LogP contribution in [-0.2, 0) is 6.42 Å². The lowest BCUT2D eigenvalue weighted by molar-refractivity contribution is 0.470. The summed E-state index contributed by atoms with van der Waals surface area (Å²) in [5, 5.41) is 9.94. The normalized spacial score (nSPS) is 16.5. The van der Waals surface area contributed by atoms with Gasteiger partial charge in [-0.25, -0.2) is 4.98 Å². The second-order valence-corrected chi connectivity index (χ2v) is 7.69. The Labute approximate surface area is 168 Å². The number of benzene rings is 1. The maximum atomic E-state index is 6.32. The Kier molecular flexibility index (Phi) is 5.15. The van der Waals surface area contributed by atoms with E-state index >= 15 is 0 Å². The lowest BCUT2D eigenvalue weighted by Gasteiger charge is -2.26. The number of nitrogens with two attached hydrogens (primary N) is 1. The smallest absolute Gasteiger partial charge is 0.222 e. The molecule has 138 valence electrons. The van der Waals surface area contributed by atoms with Crippen molar-refractivity contribution in [2.45, 2.75) is 18.8 Å². The molecule has 0 bridgehead atoms. The molecule has 9 heteroatoms. The van der Waals surface area contributed by atoms with Gasteiger partial charge in [-0.2, -0.15) is 0 Å². The third kappa shape index (κ3) is 4.00.